The number of nitrogens with one attached hydrogen (secondary N) is 1. The van der Waals surface area contributed by atoms with Gasteiger partial charge >= 0.3 is 11.9 Å². The summed E-state index contributed by atoms with van der Waals surface area (Å²) in [6.07, 6.45) is 1.30. The highest BCUT2D eigenvalue weighted by Gasteiger charge is 2.24. The van der Waals surface area contributed by atoms with Crippen molar-refractivity contribution in [3.63, 3.8) is 0 Å². The molecule has 0 unspecified atom stereocenters. The molecule has 0 radical (unpaired) electrons. The standard InChI is InChI=1S/C28H25FN2O6S/c1-28(2,3)37-25(34)15-36-21-9-7-17-10-16(4-5-18(17)12-21)11-23-26(35)31-27(38-23)30-20-8-6-19(13-24(32)33)22(29)14-20/h4-12,14H,13,15H2,1-3H3,(H,32,33)(H,30,31,35). The van der Waals surface area contributed by atoms with Crippen LogP contribution < -0.4 is 10.1 Å². The second kappa shape index (κ2) is 11.1. The molecule has 1 aliphatic heterocycles. The molecule has 8 nitrogen and oxygen atoms in total. The minimum absolute atomic E-state index is 0.0585. The number of fused-ring (bicyclic) bond motifs is 1. The van der Waals surface area contributed by atoms with Gasteiger partial charge in [-0.25, -0.2) is 14.2 Å². The van der Waals surface area contributed by atoms with Gasteiger partial charge in [-0.3, -0.25) is 9.59 Å². The van der Waals surface area contributed by atoms with E-state index in [1.807, 2.05) is 30.3 Å². The molecule has 10 heteroatoms. The number of esters is 1. The molecule has 196 valence electrons. The summed E-state index contributed by atoms with van der Waals surface area (Å²) in [6, 6.07) is 15.1. The number of halogens is 1. The van der Waals surface area contributed by atoms with Gasteiger partial charge in [0.25, 0.3) is 5.91 Å². The molecular formula is C28H25FN2O6S. The Morgan fingerprint density at radius 3 is 2.53 bits per heavy atom. The first-order valence-corrected chi connectivity index (χ1v) is 12.5. The van der Waals surface area contributed by atoms with Crippen molar-refractivity contribution in [2.75, 3.05) is 6.61 Å². The predicted molar refractivity (Wildman–Crippen MR) is 144 cm³/mol. The summed E-state index contributed by atoms with van der Waals surface area (Å²) in [5.74, 6) is -2.04. The Balaban J connectivity index is 1.44. The van der Waals surface area contributed by atoms with Gasteiger partial charge in [0, 0.05) is 0 Å². The molecule has 1 amide bonds. The number of nitrogens with zero attached hydrogens (tertiary/aromatic N) is 1. The fourth-order valence-electron chi connectivity index (χ4n) is 3.60. The summed E-state index contributed by atoms with van der Waals surface area (Å²) in [4.78, 5) is 39.8. The third-order valence-corrected chi connectivity index (χ3v) is 6.08. The van der Waals surface area contributed by atoms with E-state index >= 15 is 0 Å². The molecular weight excluding hydrogens is 511 g/mol. The van der Waals surface area contributed by atoms with Gasteiger partial charge in [-0.15, -0.1) is 0 Å². The molecule has 1 fully saturated rings. The number of carboxylic acid groups (broad SMARTS) is 1. The normalized spacial score (nSPS) is 15.6. The van der Waals surface area contributed by atoms with Crippen LogP contribution in [0.1, 0.15) is 31.9 Å². The molecule has 0 atom stereocenters. The van der Waals surface area contributed by atoms with Gasteiger partial charge in [-0.1, -0.05) is 24.3 Å². The van der Waals surface area contributed by atoms with Gasteiger partial charge in [0.05, 0.1) is 17.0 Å². The van der Waals surface area contributed by atoms with Crippen LogP contribution in [0.5, 0.6) is 5.75 Å². The van der Waals surface area contributed by atoms with Crippen molar-refractivity contribution in [3.8, 4) is 5.75 Å². The molecule has 2 N–H and O–H groups in total. The SMILES string of the molecule is CC(C)(C)OC(=O)COc1ccc2cc(C=C3SC(=Nc4ccc(CC(=O)O)c(F)c4)NC3=O)ccc2c1. The van der Waals surface area contributed by atoms with E-state index in [0.717, 1.165) is 34.2 Å². The first-order chi connectivity index (χ1) is 17.9. The number of carboxylic acids is 1. The van der Waals surface area contributed by atoms with Crippen LogP contribution in [0.25, 0.3) is 16.8 Å². The molecule has 3 aromatic carbocycles. The number of carbonyl (C=O) groups excluding carboxylic acids is 2. The Morgan fingerprint density at radius 2 is 1.82 bits per heavy atom. The highest BCUT2D eigenvalue weighted by atomic mass is 32.2. The lowest BCUT2D eigenvalue weighted by Gasteiger charge is -2.19. The maximum atomic E-state index is 14.1. The first-order valence-electron chi connectivity index (χ1n) is 11.6. The van der Waals surface area contributed by atoms with Crippen molar-refractivity contribution in [2.24, 2.45) is 4.99 Å². The van der Waals surface area contributed by atoms with Gasteiger partial charge in [0.15, 0.2) is 11.8 Å². The van der Waals surface area contributed by atoms with Gasteiger partial charge in [0.2, 0.25) is 0 Å². The summed E-state index contributed by atoms with van der Waals surface area (Å²) < 4.78 is 25.0. The number of ether oxygens (including phenoxy) is 2. The van der Waals surface area contributed by atoms with Crippen LogP contribution in [0.2, 0.25) is 0 Å². The van der Waals surface area contributed by atoms with Gasteiger partial charge in [0.1, 0.15) is 17.2 Å². The van der Waals surface area contributed by atoms with Crippen molar-refractivity contribution in [1.29, 1.82) is 0 Å². The molecule has 1 heterocycles. The third kappa shape index (κ3) is 7.19. The Morgan fingerprint density at radius 1 is 1.08 bits per heavy atom. The zero-order chi connectivity index (χ0) is 27.4. The molecule has 4 rings (SSSR count). The number of amides is 1. The van der Waals surface area contributed by atoms with Crippen LogP contribution in [0.4, 0.5) is 10.1 Å². The van der Waals surface area contributed by atoms with E-state index in [1.165, 1.54) is 12.1 Å². The molecule has 0 saturated carbocycles. The van der Waals surface area contributed by atoms with E-state index in [2.05, 4.69) is 10.3 Å². The second-order valence-electron chi connectivity index (χ2n) is 9.47. The van der Waals surface area contributed by atoms with Crippen molar-refractivity contribution < 1.29 is 33.4 Å². The first kappa shape index (κ1) is 26.9. The highest BCUT2D eigenvalue weighted by molar-refractivity contribution is 8.18. The number of aliphatic carboxylic acids is 1. The molecule has 0 aliphatic carbocycles. The number of amidine groups is 1. The summed E-state index contributed by atoms with van der Waals surface area (Å²) in [5, 5.41) is 13.6. The second-order valence-corrected chi connectivity index (χ2v) is 10.5. The van der Waals surface area contributed by atoms with Gasteiger partial charge < -0.3 is 19.9 Å². The van der Waals surface area contributed by atoms with Gasteiger partial charge in [-0.05, 0) is 90.8 Å². The number of carbonyl (C=O) groups is 3. The Hall–Kier alpha value is -4.18. The molecule has 0 bridgehead atoms. The van der Waals surface area contributed by atoms with E-state index < -0.39 is 29.8 Å². The quantitative estimate of drug-likeness (QED) is 0.314. The fourth-order valence-corrected chi connectivity index (χ4v) is 4.44. The highest BCUT2D eigenvalue weighted by Crippen LogP contribution is 2.30. The van der Waals surface area contributed by atoms with Gasteiger partial charge in [-0.2, -0.15) is 0 Å². The molecule has 0 spiro atoms. The zero-order valence-corrected chi connectivity index (χ0v) is 21.7. The maximum absolute atomic E-state index is 14.1. The molecule has 0 aromatic heterocycles. The van der Waals surface area contributed by atoms with Crippen molar-refractivity contribution in [2.45, 2.75) is 32.8 Å². The van der Waals surface area contributed by atoms with Crippen LogP contribution in [0.3, 0.4) is 0 Å². The minimum Gasteiger partial charge on any atom is -0.482 e. The fraction of sp³-hybridized carbons (Fsp3) is 0.214. The predicted octanol–water partition coefficient (Wildman–Crippen LogP) is 5.22. The lowest BCUT2D eigenvalue weighted by atomic mass is 10.1. The lowest BCUT2D eigenvalue weighted by Crippen LogP contribution is -2.27. The minimum atomic E-state index is -1.13. The summed E-state index contributed by atoms with van der Waals surface area (Å²) in [5.41, 5.74) is 0.532. The molecule has 1 saturated heterocycles. The van der Waals surface area contributed by atoms with Crippen LogP contribution in [-0.4, -0.2) is 40.3 Å². The topological polar surface area (TPSA) is 114 Å². The number of aliphatic imine (C=N–C) groups is 1. The van der Waals surface area contributed by atoms with Crippen LogP contribution in [-0.2, 0) is 25.5 Å². The maximum Gasteiger partial charge on any atom is 0.344 e. The molecule has 38 heavy (non-hydrogen) atoms. The Bertz CT molecular complexity index is 1490. The number of hydrogen-bond donors (Lipinski definition) is 2. The number of benzene rings is 3. The monoisotopic (exact) mass is 536 g/mol. The van der Waals surface area contributed by atoms with Crippen LogP contribution >= 0.6 is 11.8 Å². The van der Waals surface area contributed by atoms with E-state index in [1.54, 1.807) is 32.9 Å². The summed E-state index contributed by atoms with van der Waals surface area (Å²) >= 11 is 1.12. The van der Waals surface area contributed by atoms with E-state index in [0.29, 0.717) is 15.8 Å². The van der Waals surface area contributed by atoms with Crippen LogP contribution in [0, 0.1) is 5.82 Å². The smallest absolute Gasteiger partial charge is 0.344 e. The van der Waals surface area contributed by atoms with Crippen molar-refractivity contribution in [3.05, 3.63) is 76.4 Å². The van der Waals surface area contributed by atoms with Crippen LogP contribution in [0.15, 0.2) is 64.5 Å². The zero-order valence-electron chi connectivity index (χ0n) is 20.9. The summed E-state index contributed by atoms with van der Waals surface area (Å²) in [7, 11) is 0. The molecule has 3 aromatic rings. The van der Waals surface area contributed by atoms with Crippen molar-refractivity contribution in [1.82, 2.24) is 5.32 Å². The Labute approximate surface area is 222 Å². The largest absolute Gasteiger partial charge is 0.482 e. The number of thioether (sulfide) groups is 1. The van der Waals surface area contributed by atoms with E-state index in [-0.39, 0.29) is 23.8 Å². The van der Waals surface area contributed by atoms with E-state index in [4.69, 9.17) is 14.6 Å². The number of rotatable bonds is 7. The average molecular weight is 537 g/mol. The number of hydrogen-bond acceptors (Lipinski definition) is 7. The third-order valence-electron chi connectivity index (χ3n) is 5.17. The summed E-state index contributed by atoms with van der Waals surface area (Å²) in [6.45, 7) is 5.18. The Kier molecular flexibility index (Phi) is 7.82. The lowest BCUT2D eigenvalue weighted by molar-refractivity contribution is -0.157. The van der Waals surface area contributed by atoms with Crippen molar-refractivity contribution >= 4 is 57.3 Å². The van der Waals surface area contributed by atoms with E-state index in [9.17, 15) is 18.8 Å². The average Bonchev–Trinajstić information content (AvgIpc) is 3.16. The molecule has 1 aliphatic rings.